The molecule has 2 atom stereocenters. The number of rotatable bonds is 11. The van der Waals surface area contributed by atoms with E-state index in [-0.39, 0.29) is 7.25 Å². The fourth-order valence-electron chi connectivity index (χ4n) is 9.63. The molecule has 56 heavy (non-hydrogen) atoms. The Morgan fingerprint density at radius 3 is 1.07 bits per heavy atom. The zero-order valence-electron chi connectivity index (χ0n) is 33.7. The summed E-state index contributed by atoms with van der Waals surface area (Å²) in [6.07, 6.45) is 13.3. The first kappa shape index (κ1) is 39.3. The molecule has 0 N–H and O–H groups in total. The average Bonchev–Trinajstić information content (AvgIpc) is 3.84. The van der Waals surface area contributed by atoms with Gasteiger partial charge in [0.1, 0.15) is 0 Å². The Hall–Kier alpha value is -3.52. The molecular weight excluding hydrogens is 815 g/mol. The normalized spacial score (nSPS) is 16.6. The number of halogens is 2. The SMILES string of the molecule is Cc1ccccc1Cc1ccc2c(c1Cc1ccccc1C)C=C[CH]2[Zr]([Cl])([Cl])([CH]1C=Cc2c1ccc(Cc1ccccc1C)c2Cc1ccccc1C)[SiH](C)C. The third kappa shape index (κ3) is 7.04. The van der Waals surface area contributed by atoms with E-state index in [1.807, 2.05) is 0 Å². The van der Waals surface area contributed by atoms with Crippen LogP contribution in [0.25, 0.3) is 12.2 Å². The van der Waals surface area contributed by atoms with Crippen LogP contribution in [-0.4, -0.2) is 5.92 Å². The van der Waals surface area contributed by atoms with Crippen LogP contribution in [0, 0.1) is 27.7 Å². The van der Waals surface area contributed by atoms with Gasteiger partial charge >= 0.3 is 347 Å². The molecular formula is C52H53Cl2SiZr. The maximum absolute atomic E-state index is 8.59. The topological polar surface area (TPSA) is 0 Å². The molecule has 0 heterocycles. The molecule has 4 heteroatoms. The summed E-state index contributed by atoms with van der Waals surface area (Å²) in [7, 11) is 17.2. The van der Waals surface area contributed by atoms with Gasteiger partial charge in [-0.05, 0) is 0 Å². The Morgan fingerprint density at radius 1 is 0.429 bits per heavy atom. The Balaban J connectivity index is 1.24. The molecule has 0 aliphatic heterocycles. The van der Waals surface area contributed by atoms with E-state index in [1.165, 1.54) is 89.0 Å². The van der Waals surface area contributed by atoms with E-state index in [4.69, 9.17) is 17.0 Å². The Kier molecular flexibility index (Phi) is 11.0. The van der Waals surface area contributed by atoms with Crippen LogP contribution < -0.4 is 0 Å². The molecule has 2 aliphatic carbocycles. The molecule has 0 saturated heterocycles. The van der Waals surface area contributed by atoms with Crippen molar-refractivity contribution in [1.29, 1.82) is 0 Å². The zero-order chi connectivity index (χ0) is 39.2. The van der Waals surface area contributed by atoms with Crippen molar-refractivity contribution in [3.63, 3.8) is 0 Å². The average molecular weight is 868 g/mol. The summed E-state index contributed by atoms with van der Waals surface area (Å²) in [5.41, 5.74) is 21.8. The molecule has 6 aromatic rings. The number of allylic oxidation sites excluding steroid dienone is 2. The van der Waals surface area contributed by atoms with E-state index in [0.29, 0.717) is 0 Å². The van der Waals surface area contributed by atoms with Crippen molar-refractivity contribution < 1.29 is 15.6 Å². The number of hydrogen-bond acceptors (Lipinski definition) is 0. The molecule has 0 nitrogen and oxygen atoms in total. The molecule has 0 radical (unpaired) electrons. The van der Waals surface area contributed by atoms with Gasteiger partial charge in [-0.25, -0.2) is 0 Å². The molecule has 2 aliphatic rings. The fourth-order valence-corrected chi connectivity index (χ4v) is 37.0. The van der Waals surface area contributed by atoms with Crippen molar-refractivity contribution in [2.24, 2.45) is 0 Å². The van der Waals surface area contributed by atoms with Gasteiger partial charge in [0, 0.05) is 0 Å². The molecule has 0 fully saturated rings. The van der Waals surface area contributed by atoms with E-state index >= 15 is 0 Å². The van der Waals surface area contributed by atoms with E-state index in [9.17, 15) is 0 Å². The first-order valence-electron chi connectivity index (χ1n) is 20.3. The first-order valence-corrected chi connectivity index (χ1v) is 36.7. The summed E-state index contributed by atoms with van der Waals surface area (Å²) < 4.78 is 0.105. The Bertz CT molecular complexity index is 2360. The Morgan fingerprint density at radius 2 is 0.750 bits per heavy atom. The van der Waals surface area contributed by atoms with Crippen molar-refractivity contribution in [2.75, 3.05) is 0 Å². The summed E-state index contributed by atoms with van der Waals surface area (Å²) in [5.74, 6) is -1.64. The van der Waals surface area contributed by atoms with E-state index in [1.54, 1.807) is 0 Å². The van der Waals surface area contributed by atoms with Crippen LogP contribution in [0.4, 0.5) is 0 Å². The van der Waals surface area contributed by atoms with Gasteiger partial charge in [0.2, 0.25) is 0 Å². The monoisotopic (exact) mass is 865 g/mol. The van der Waals surface area contributed by atoms with E-state index < -0.39 is 21.5 Å². The van der Waals surface area contributed by atoms with Gasteiger partial charge in [0.05, 0.1) is 0 Å². The molecule has 0 saturated carbocycles. The van der Waals surface area contributed by atoms with Crippen LogP contribution >= 0.6 is 17.0 Å². The van der Waals surface area contributed by atoms with Gasteiger partial charge in [0.15, 0.2) is 0 Å². The van der Waals surface area contributed by atoms with Gasteiger partial charge < -0.3 is 0 Å². The van der Waals surface area contributed by atoms with Crippen molar-refractivity contribution in [3.8, 4) is 0 Å². The van der Waals surface area contributed by atoms with E-state index in [0.717, 1.165) is 25.7 Å². The van der Waals surface area contributed by atoms with Gasteiger partial charge in [0.25, 0.3) is 0 Å². The van der Waals surface area contributed by atoms with Crippen LogP contribution in [0.1, 0.15) is 96.3 Å². The third-order valence-electron chi connectivity index (χ3n) is 13.4. The minimum atomic E-state index is -4.78. The second-order valence-corrected chi connectivity index (χ2v) is 59.6. The second-order valence-electron chi connectivity index (χ2n) is 16.9. The third-order valence-corrected chi connectivity index (χ3v) is 65.5. The minimum absolute atomic E-state index is 0.0524. The van der Waals surface area contributed by atoms with E-state index in [2.05, 4.69) is 186 Å². The molecule has 0 spiro atoms. The van der Waals surface area contributed by atoms with Crippen molar-refractivity contribution >= 4 is 35.1 Å². The predicted molar refractivity (Wildman–Crippen MR) is 243 cm³/mol. The van der Waals surface area contributed by atoms with Gasteiger partial charge in [-0.2, -0.15) is 0 Å². The van der Waals surface area contributed by atoms with Crippen molar-refractivity contribution in [3.05, 3.63) is 222 Å². The molecule has 8 rings (SSSR count). The predicted octanol–water partition coefficient (Wildman–Crippen LogP) is 14.1. The summed E-state index contributed by atoms with van der Waals surface area (Å²) in [6.45, 7) is 13.8. The second kappa shape index (κ2) is 15.7. The summed E-state index contributed by atoms with van der Waals surface area (Å²) in [4.78, 5) is 0. The Labute approximate surface area is 344 Å². The number of hydrogen-bond donors (Lipinski definition) is 0. The molecule has 0 bridgehead atoms. The molecule has 0 amide bonds. The number of aryl methyl sites for hydroxylation is 4. The standard InChI is InChI=1S/2C25H23.C2H7Si.2ClH.Zr/c2*1-18-8-3-5-10-21(18)16-23-15-14-20-12-7-13-24(20)25(23)17-22-11-6-4-9-19(22)2;1-3-2;;;/h2*3-15H,16-17H2,1-2H3;3H,1-2H3;2*1H;/q;;;;;+2/p-2. The fraction of sp³-hybridized carbons (Fsp3) is 0.231. The number of fused-ring (bicyclic) bond motifs is 2. The van der Waals surface area contributed by atoms with Gasteiger partial charge in [-0.3, -0.25) is 0 Å². The summed E-state index contributed by atoms with van der Waals surface area (Å²) in [5, 5.41) is 0. The zero-order valence-corrected chi connectivity index (χ0v) is 38.8. The van der Waals surface area contributed by atoms with Crippen LogP contribution in [-0.2, 0) is 41.2 Å². The van der Waals surface area contributed by atoms with Gasteiger partial charge in [-0.1, -0.05) is 0 Å². The maximum atomic E-state index is 8.59. The van der Waals surface area contributed by atoms with Crippen LogP contribution in [0.5, 0.6) is 0 Å². The molecule has 6 aromatic carbocycles. The number of benzene rings is 6. The summed E-state index contributed by atoms with van der Waals surface area (Å²) in [6, 6.07) is 44.9. The molecule has 283 valence electrons. The van der Waals surface area contributed by atoms with Crippen molar-refractivity contribution in [1.82, 2.24) is 0 Å². The summed E-state index contributed by atoms with van der Waals surface area (Å²) >= 11 is -4.78. The first-order chi connectivity index (χ1) is 26.9. The quantitative estimate of drug-likeness (QED) is 0.114. The molecule has 0 aromatic heterocycles. The van der Waals surface area contributed by atoms with Crippen molar-refractivity contribution in [2.45, 2.75) is 73.7 Å². The molecule has 2 unspecified atom stereocenters. The van der Waals surface area contributed by atoms with Crippen LogP contribution in [0.3, 0.4) is 0 Å². The van der Waals surface area contributed by atoms with Crippen LogP contribution in [0.15, 0.2) is 133 Å². The van der Waals surface area contributed by atoms with Gasteiger partial charge in [-0.15, -0.1) is 0 Å². The van der Waals surface area contributed by atoms with Crippen LogP contribution in [0.2, 0.25) is 13.1 Å².